The van der Waals surface area contributed by atoms with Crippen LogP contribution < -0.4 is 23.7 Å². The van der Waals surface area contributed by atoms with Gasteiger partial charge in [0.2, 0.25) is 11.7 Å². The molecule has 0 atom stereocenters. The molecular formula is C33H36N2O6. The first-order valence-corrected chi connectivity index (χ1v) is 13.3. The Morgan fingerprint density at radius 2 is 1.39 bits per heavy atom. The molecule has 214 valence electrons. The fourth-order valence-corrected chi connectivity index (χ4v) is 4.50. The molecule has 41 heavy (non-hydrogen) atoms. The highest BCUT2D eigenvalue weighted by molar-refractivity contribution is 5.79. The molecule has 0 saturated heterocycles. The smallest absolute Gasteiger partial charge is 0.227 e. The molecule has 0 spiro atoms. The Hall–Kier alpha value is -4.72. The second-order valence-electron chi connectivity index (χ2n) is 9.36. The Morgan fingerprint density at radius 1 is 0.707 bits per heavy atom. The summed E-state index contributed by atoms with van der Waals surface area (Å²) in [6, 6.07) is 25.1. The van der Waals surface area contributed by atoms with Crippen molar-refractivity contribution in [1.29, 1.82) is 0 Å². The maximum absolute atomic E-state index is 13.7. The Balaban J connectivity index is 1.54. The van der Waals surface area contributed by atoms with E-state index in [1.165, 1.54) is 0 Å². The number of methoxy groups -OCH3 is 4. The fraction of sp³-hybridized carbons (Fsp3) is 0.273. The molecule has 0 radical (unpaired) electrons. The summed E-state index contributed by atoms with van der Waals surface area (Å²) in [6.45, 7) is 1.32. The third-order valence-electron chi connectivity index (χ3n) is 6.64. The van der Waals surface area contributed by atoms with Gasteiger partial charge in [0.25, 0.3) is 0 Å². The molecule has 8 heteroatoms. The van der Waals surface area contributed by atoms with E-state index in [-0.39, 0.29) is 12.3 Å². The third-order valence-corrected chi connectivity index (χ3v) is 6.64. The van der Waals surface area contributed by atoms with Crippen molar-refractivity contribution >= 4 is 5.91 Å². The maximum atomic E-state index is 13.7. The summed E-state index contributed by atoms with van der Waals surface area (Å²) in [5, 5.41) is 0. The van der Waals surface area contributed by atoms with Gasteiger partial charge < -0.3 is 28.6 Å². The standard InChI is InChI=1S/C33H36N2O6/c1-37-29-18-25(13-14-28(29)41-23-24-10-6-5-7-11-24)22-35(17-15-27-12-8-9-16-34-27)32(36)21-26-19-30(38-2)33(40-4)31(20-26)39-3/h5-14,16,18-20H,15,17,21-23H2,1-4H3. The molecule has 3 aromatic carbocycles. The zero-order valence-electron chi connectivity index (χ0n) is 24.0. The van der Waals surface area contributed by atoms with E-state index in [0.29, 0.717) is 54.9 Å². The fourth-order valence-electron chi connectivity index (χ4n) is 4.50. The predicted octanol–water partition coefficient (Wildman–Crippen LogP) is 5.51. The number of pyridine rings is 1. The summed E-state index contributed by atoms with van der Waals surface area (Å²) < 4.78 is 28.1. The van der Waals surface area contributed by atoms with Crippen LogP contribution in [0.3, 0.4) is 0 Å². The van der Waals surface area contributed by atoms with Crippen molar-refractivity contribution < 1.29 is 28.5 Å². The van der Waals surface area contributed by atoms with Crippen molar-refractivity contribution in [2.24, 2.45) is 0 Å². The number of hydrogen-bond acceptors (Lipinski definition) is 7. The SMILES string of the molecule is COc1cc(CN(CCc2ccccn2)C(=O)Cc2cc(OC)c(OC)c(OC)c2)ccc1OCc1ccccc1. The van der Waals surface area contributed by atoms with Crippen LogP contribution in [0, 0.1) is 0 Å². The largest absolute Gasteiger partial charge is 0.493 e. The predicted molar refractivity (Wildman–Crippen MR) is 157 cm³/mol. The van der Waals surface area contributed by atoms with Gasteiger partial charge in [-0.25, -0.2) is 0 Å². The lowest BCUT2D eigenvalue weighted by Crippen LogP contribution is -2.33. The molecule has 0 aliphatic heterocycles. The molecule has 4 rings (SSSR count). The molecule has 0 saturated carbocycles. The number of benzene rings is 3. The topological polar surface area (TPSA) is 79.4 Å². The monoisotopic (exact) mass is 556 g/mol. The van der Waals surface area contributed by atoms with Gasteiger partial charge in [-0.2, -0.15) is 0 Å². The van der Waals surface area contributed by atoms with Crippen LogP contribution in [-0.2, 0) is 30.8 Å². The van der Waals surface area contributed by atoms with Crippen molar-refractivity contribution in [3.63, 3.8) is 0 Å². The zero-order chi connectivity index (χ0) is 29.0. The molecule has 0 unspecified atom stereocenters. The van der Waals surface area contributed by atoms with Gasteiger partial charge in [0.1, 0.15) is 6.61 Å². The number of rotatable bonds is 14. The highest BCUT2D eigenvalue weighted by Crippen LogP contribution is 2.38. The van der Waals surface area contributed by atoms with Crippen LogP contribution in [0.15, 0.2) is 85.1 Å². The highest BCUT2D eigenvalue weighted by atomic mass is 16.5. The van der Waals surface area contributed by atoms with Gasteiger partial charge in [0.15, 0.2) is 23.0 Å². The second-order valence-corrected chi connectivity index (χ2v) is 9.36. The minimum Gasteiger partial charge on any atom is -0.493 e. The van der Waals surface area contributed by atoms with E-state index in [4.69, 9.17) is 23.7 Å². The van der Waals surface area contributed by atoms with Crippen LogP contribution in [0.4, 0.5) is 0 Å². The summed E-state index contributed by atoms with van der Waals surface area (Å²) in [5.74, 6) is 2.71. The summed E-state index contributed by atoms with van der Waals surface area (Å²) >= 11 is 0. The summed E-state index contributed by atoms with van der Waals surface area (Å²) in [4.78, 5) is 20.0. The van der Waals surface area contributed by atoms with Gasteiger partial charge in [-0.05, 0) is 53.1 Å². The molecule has 8 nitrogen and oxygen atoms in total. The molecule has 0 bridgehead atoms. The summed E-state index contributed by atoms with van der Waals surface area (Å²) in [6.07, 6.45) is 2.54. The van der Waals surface area contributed by atoms with Gasteiger partial charge in [0.05, 0.1) is 34.9 Å². The molecule has 0 aliphatic rings. The van der Waals surface area contributed by atoms with Gasteiger partial charge in [-0.1, -0.05) is 42.5 Å². The van der Waals surface area contributed by atoms with Crippen molar-refractivity contribution in [3.05, 3.63) is 107 Å². The van der Waals surface area contributed by atoms with Gasteiger partial charge in [-0.15, -0.1) is 0 Å². The van der Waals surface area contributed by atoms with E-state index in [1.54, 1.807) is 46.8 Å². The minimum absolute atomic E-state index is 0.0430. The average molecular weight is 557 g/mol. The van der Waals surface area contributed by atoms with Gasteiger partial charge in [0, 0.05) is 31.4 Å². The molecule has 0 N–H and O–H groups in total. The maximum Gasteiger partial charge on any atom is 0.227 e. The number of amides is 1. The van der Waals surface area contributed by atoms with E-state index in [9.17, 15) is 4.79 Å². The van der Waals surface area contributed by atoms with Crippen molar-refractivity contribution in [2.45, 2.75) is 26.0 Å². The van der Waals surface area contributed by atoms with E-state index in [2.05, 4.69) is 4.98 Å². The van der Waals surface area contributed by atoms with Crippen LogP contribution >= 0.6 is 0 Å². The van der Waals surface area contributed by atoms with Gasteiger partial charge in [-0.3, -0.25) is 9.78 Å². The van der Waals surface area contributed by atoms with Crippen molar-refractivity contribution in [2.75, 3.05) is 35.0 Å². The number of nitrogens with zero attached hydrogens (tertiary/aromatic N) is 2. The lowest BCUT2D eigenvalue weighted by molar-refractivity contribution is -0.131. The second kappa shape index (κ2) is 14.6. The quantitative estimate of drug-likeness (QED) is 0.203. The third kappa shape index (κ3) is 7.91. The Bertz CT molecular complexity index is 1390. The van der Waals surface area contributed by atoms with Crippen LogP contribution in [0.5, 0.6) is 28.7 Å². The Kier molecular flexibility index (Phi) is 10.4. The lowest BCUT2D eigenvalue weighted by atomic mass is 10.1. The first-order chi connectivity index (χ1) is 20.0. The molecule has 4 aromatic rings. The molecule has 1 aromatic heterocycles. The summed E-state index contributed by atoms with van der Waals surface area (Å²) in [7, 11) is 6.28. The number of carbonyl (C=O) groups excluding carboxylic acids is 1. The summed E-state index contributed by atoms with van der Waals surface area (Å²) in [5.41, 5.74) is 3.67. The van der Waals surface area contributed by atoms with E-state index < -0.39 is 0 Å². The first-order valence-electron chi connectivity index (χ1n) is 13.3. The molecule has 0 aliphatic carbocycles. The molecule has 0 fully saturated rings. The number of aromatic nitrogens is 1. The van der Waals surface area contributed by atoms with E-state index >= 15 is 0 Å². The highest BCUT2D eigenvalue weighted by Gasteiger charge is 2.20. The molecular weight excluding hydrogens is 520 g/mol. The van der Waals surface area contributed by atoms with E-state index in [1.807, 2.05) is 71.6 Å². The van der Waals surface area contributed by atoms with Crippen LogP contribution in [-0.4, -0.2) is 50.8 Å². The number of ether oxygens (including phenoxy) is 5. The normalized spacial score (nSPS) is 10.5. The number of carbonyl (C=O) groups is 1. The Labute approximate surface area is 241 Å². The van der Waals surface area contributed by atoms with Crippen molar-refractivity contribution in [3.8, 4) is 28.7 Å². The molecule has 1 heterocycles. The Morgan fingerprint density at radius 3 is 2.02 bits per heavy atom. The van der Waals surface area contributed by atoms with Crippen LogP contribution in [0.1, 0.15) is 22.4 Å². The average Bonchev–Trinajstić information content (AvgIpc) is 3.02. The molecule has 1 amide bonds. The van der Waals surface area contributed by atoms with Crippen molar-refractivity contribution in [1.82, 2.24) is 9.88 Å². The lowest BCUT2D eigenvalue weighted by Gasteiger charge is -2.24. The van der Waals surface area contributed by atoms with Crippen LogP contribution in [0.25, 0.3) is 0 Å². The minimum atomic E-state index is -0.0430. The first kappa shape index (κ1) is 29.3. The number of hydrogen-bond donors (Lipinski definition) is 0. The van der Waals surface area contributed by atoms with Crippen LogP contribution in [0.2, 0.25) is 0 Å². The van der Waals surface area contributed by atoms with E-state index in [0.717, 1.165) is 22.4 Å². The van der Waals surface area contributed by atoms with Gasteiger partial charge >= 0.3 is 0 Å². The zero-order valence-corrected chi connectivity index (χ0v) is 24.0.